The van der Waals surface area contributed by atoms with Crippen LogP contribution in [0.25, 0.3) is 0 Å². The molecule has 270 valence electrons. The van der Waals surface area contributed by atoms with E-state index >= 15 is 0 Å². The van der Waals surface area contributed by atoms with E-state index in [-0.39, 0.29) is 52.7 Å². The van der Waals surface area contributed by atoms with Crippen LogP contribution in [-0.2, 0) is 38.1 Å². The second kappa shape index (κ2) is 13.6. The molecule has 0 radical (unpaired) electrons. The van der Waals surface area contributed by atoms with Gasteiger partial charge in [-0.05, 0) is 48.6 Å². The van der Waals surface area contributed by atoms with Crippen LogP contribution < -0.4 is 14.2 Å². The molecule has 4 unspecified atom stereocenters. The van der Waals surface area contributed by atoms with Crippen molar-refractivity contribution < 1.29 is 71.5 Å². The van der Waals surface area contributed by atoms with Crippen molar-refractivity contribution in [2.75, 3.05) is 0 Å². The highest BCUT2D eigenvalue weighted by atomic mass is 16.6. The molecular weight excluding hydrogens is 708 g/mol. The molecule has 0 saturated carbocycles. The number of cyclic esters (lactones) is 8. The molecule has 4 atom stereocenters. The quantitative estimate of drug-likeness (QED) is 0.191. The van der Waals surface area contributed by atoms with Gasteiger partial charge in [0.05, 0.1) is 23.0 Å². The van der Waals surface area contributed by atoms with E-state index in [1.54, 1.807) is 66.8 Å². The first-order valence-electron chi connectivity index (χ1n) is 15.8. The van der Waals surface area contributed by atoms with Gasteiger partial charge in [0.25, 0.3) is 0 Å². The average Bonchev–Trinajstić information content (AvgIpc) is 3.82. The number of hydrogen-bond donors (Lipinski definition) is 0. The minimum atomic E-state index is -0.892. The van der Waals surface area contributed by atoms with Crippen LogP contribution in [-0.4, -0.2) is 47.8 Å². The molecule has 2 saturated heterocycles. The lowest BCUT2D eigenvalue weighted by molar-refractivity contribution is -0.155. The number of fused-ring (bicyclic) bond motifs is 4. The fraction of sp³-hybridized carbons (Fsp3) is 0.128. The molecule has 2 fully saturated rings. The number of benzene rings is 3. The highest BCUT2D eigenvalue weighted by Gasteiger charge is 2.48. The minimum absolute atomic E-state index is 0. The van der Waals surface area contributed by atoms with Crippen molar-refractivity contribution in [3.8, 4) is 23.0 Å². The fourth-order valence-corrected chi connectivity index (χ4v) is 6.30. The van der Waals surface area contributed by atoms with Gasteiger partial charge < -0.3 is 33.2 Å². The van der Waals surface area contributed by atoms with Crippen LogP contribution in [0.15, 0.2) is 109 Å². The molecule has 15 nitrogen and oxygen atoms in total. The third kappa shape index (κ3) is 6.02. The van der Waals surface area contributed by atoms with E-state index < -0.39 is 71.4 Å². The van der Waals surface area contributed by atoms with E-state index in [1.807, 2.05) is 0 Å². The summed E-state index contributed by atoms with van der Waals surface area (Å²) in [5.41, 5.74) is 0.298. The number of rotatable bonds is 6. The Morgan fingerprint density at radius 3 is 1.43 bits per heavy atom. The van der Waals surface area contributed by atoms with Gasteiger partial charge in [-0.15, -0.1) is 0 Å². The maximum Gasteiger partial charge on any atom is 0.350 e. The molecular formula is C39H24O15. The van der Waals surface area contributed by atoms with Crippen LogP contribution >= 0.6 is 0 Å². The SMILES string of the molecule is C.O=C1OC(=O)c2c(OC3=CC=CC4C(=O)OC(=O)C34)cccc21.O=C1OC(=O)c2c(Oc3cccc(OC4=CC=CC5C(=O)OC(=O)C45)c3)cccc21. The van der Waals surface area contributed by atoms with Gasteiger partial charge >= 0.3 is 47.8 Å². The fourth-order valence-electron chi connectivity index (χ4n) is 6.30. The van der Waals surface area contributed by atoms with Crippen molar-refractivity contribution in [2.24, 2.45) is 23.7 Å². The van der Waals surface area contributed by atoms with Crippen LogP contribution in [0.4, 0.5) is 0 Å². The molecule has 54 heavy (non-hydrogen) atoms. The smallest absolute Gasteiger partial charge is 0.350 e. The second-order valence-electron chi connectivity index (χ2n) is 11.9. The highest BCUT2D eigenvalue weighted by molar-refractivity contribution is 6.17. The normalized spacial score (nSPS) is 22.5. The summed E-state index contributed by atoms with van der Waals surface area (Å²) in [6.45, 7) is 0. The Balaban J connectivity index is 0.000000169. The van der Waals surface area contributed by atoms with Gasteiger partial charge in [0.1, 0.15) is 57.5 Å². The molecule has 0 spiro atoms. The minimum Gasteiger partial charge on any atom is -0.461 e. The summed E-state index contributed by atoms with van der Waals surface area (Å²) in [7, 11) is 0. The zero-order valence-electron chi connectivity index (χ0n) is 26.7. The summed E-state index contributed by atoms with van der Waals surface area (Å²) in [5.74, 6) is -7.42. The van der Waals surface area contributed by atoms with E-state index in [2.05, 4.69) is 14.2 Å². The Labute approximate surface area is 304 Å². The molecule has 3 aromatic rings. The van der Waals surface area contributed by atoms with Crippen molar-refractivity contribution in [1.29, 1.82) is 0 Å². The predicted molar refractivity (Wildman–Crippen MR) is 177 cm³/mol. The van der Waals surface area contributed by atoms with Crippen molar-refractivity contribution in [1.82, 2.24) is 0 Å². The number of hydrogen-bond acceptors (Lipinski definition) is 15. The van der Waals surface area contributed by atoms with E-state index in [4.69, 9.17) is 18.9 Å². The van der Waals surface area contributed by atoms with E-state index in [9.17, 15) is 38.4 Å². The Morgan fingerprint density at radius 1 is 0.463 bits per heavy atom. The largest absolute Gasteiger partial charge is 0.461 e. The first kappa shape index (κ1) is 35.0. The summed E-state index contributed by atoms with van der Waals surface area (Å²) in [4.78, 5) is 94.2. The summed E-state index contributed by atoms with van der Waals surface area (Å²) in [6, 6.07) is 15.6. The molecule has 9 rings (SSSR count). The average molecular weight is 733 g/mol. The van der Waals surface area contributed by atoms with Crippen molar-refractivity contribution in [2.45, 2.75) is 7.43 Å². The molecule has 0 amide bonds. The van der Waals surface area contributed by atoms with Gasteiger partial charge in [0, 0.05) is 6.07 Å². The molecule has 2 aliphatic carbocycles. The van der Waals surface area contributed by atoms with Gasteiger partial charge in [-0.1, -0.05) is 49.9 Å². The third-order valence-corrected chi connectivity index (χ3v) is 8.71. The number of carbonyl (C=O) groups is 8. The van der Waals surface area contributed by atoms with Crippen LogP contribution in [0.2, 0.25) is 0 Å². The van der Waals surface area contributed by atoms with Gasteiger partial charge in [-0.2, -0.15) is 0 Å². The van der Waals surface area contributed by atoms with Crippen LogP contribution in [0, 0.1) is 23.7 Å². The standard InChI is InChI=1S/C22H12O8.C16H8O7.CH4/c23-19-13-6-2-8-15(17(13)21(25)29-19)27-11-4-1-5-12(10-11)28-16-9-3-7-14-18(16)22(26)30-20(14)24;17-13-7-3-1-5-9(11(7)15(19)22-13)21-10-6-2-4-8-12(10)16(20)23-14(8)18;/h1-10,13,17H;1-7,11H;1H4. The summed E-state index contributed by atoms with van der Waals surface area (Å²) in [5, 5.41) is 0. The lowest BCUT2D eigenvalue weighted by Gasteiger charge is -2.19. The van der Waals surface area contributed by atoms with Gasteiger partial charge in [0.2, 0.25) is 0 Å². The first-order chi connectivity index (χ1) is 25.6. The van der Waals surface area contributed by atoms with Crippen LogP contribution in [0.1, 0.15) is 48.9 Å². The maximum atomic E-state index is 12.0. The summed E-state index contributed by atoms with van der Waals surface area (Å²) in [6.07, 6.45) is 9.47. The highest BCUT2D eigenvalue weighted by Crippen LogP contribution is 2.39. The van der Waals surface area contributed by atoms with E-state index in [1.165, 1.54) is 30.3 Å². The van der Waals surface area contributed by atoms with Crippen molar-refractivity contribution in [3.05, 3.63) is 131 Å². The molecule has 3 aromatic carbocycles. The number of allylic oxidation sites excluding steroid dienone is 4. The molecule has 0 aromatic heterocycles. The second-order valence-corrected chi connectivity index (χ2v) is 11.9. The Morgan fingerprint density at radius 2 is 0.907 bits per heavy atom. The van der Waals surface area contributed by atoms with E-state index in [0.29, 0.717) is 11.5 Å². The number of esters is 8. The van der Waals surface area contributed by atoms with Crippen LogP contribution in [0.5, 0.6) is 23.0 Å². The Hall–Kier alpha value is -7.42. The predicted octanol–water partition coefficient (Wildman–Crippen LogP) is 4.72. The van der Waals surface area contributed by atoms with Gasteiger partial charge in [-0.25, -0.2) is 19.2 Å². The summed E-state index contributed by atoms with van der Waals surface area (Å²) >= 11 is 0. The molecule has 15 heteroatoms. The zero-order chi connectivity index (χ0) is 37.0. The molecule has 6 aliphatic rings. The molecule has 4 aliphatic heterocycles. The van der Waals surface area contributed by atoms with Crippen LogP contribution in [0.3, 0.4) is 0 Å². The molecule has 0 bridgehead atoms. The molecule has 0 N–H and O–H groups in total. The lowest BCUT2D eigenvalue weighted by atomic mass is 9.89. The maximum absolute atomic E-state index is 12.0. The Kier molecular flexibility index (Phi) is 8.82. The summed E-state index contributed by atoms with van der Waals surface area (Å²) < 4.78 is 35.7. The monoisotopic (exact) mass is 732 g/mol. The number of ether oxygens (including phenoxy) is 7. The zero-order valence-corrected chi connectivity index (χ0v) is 26.7. The molecule has 4 heterocycles. The first-order valence-corrected chi connectivity index (χ1v) is 15.8. The Bertz CT molecular complexity index is 2360. The van der Waals surface area contributed by atoms with Crippen molar-refractivity contribution >= 4 is 47.8 Å². The van der Waals surface area contributed by atoms with Gasteiger partial charge in [-0.3, -0.25) is 19.2 Å². The van der Waals surface area contributed by atoms with Crippen molar-refractivity contribution in [3.63, 3.8) is 0 Å². The van der Waals surface area contributed by atoms with Gasteiger partial charge in [0.15, 0.2) is 0 Å². The topological polar surface area (TPSA) is 201 Å². The number of carbonyl (C=O) groups excluding carboxylic acids is 8. The lowest BCUT2D eigenvalue weighted by Crippen LogP contribution is -2.23. The third-order valence-electron chi connectivity index (χ3n) is 8.71. The van der Waals surface area contributed by atoms with E-state index in [0.717, 1.165) is 0 Å².